The molecule has 2 heterocycles. The van der Waals surface area contributed by atoms with Gasteiger partial charge in [0.15, 0.2) is 6.29 Å². The molecule has 7 heteroatoms. The first-order chi connectivity index (χ1) is 9.79. The van der Waals surface area contributed by atoms with E-state index in [1.165, 1.54) is 0 Å². The number of fused-ring (bicyclic) bond motifs is 2. The molecule has 0 amide bonds. The van der Waals surface area contributed by atoms with Crippen LogP contribution in [0.4, 0.5) is 0 Å². The molecule has 2 saturated heterocycles. The minimum Gasteiger partial charge on any atom is -0.390 e. The molecule has 20 heavy (non-hydrogen) atoms. The summed E-state index contributed by atoms with van der Waals surface area (Å²) in [4.78, 5) is 2.75. The van der Waals surface area contributed by atoms with E-state index in [-0.39, 0.29) is 0 Å². The summed E-state index contributed by atoms with van der Waals surface area (Å²) >= 11 is 0. The van der Waals surface area contributed by atoms with Crippen LogP contribution in [-0.4, -0.2) is 42.4 Å². The van der Waals surface area contributed by atoms with Crippen LogP contribution >= 0.6 is 0 Å². The Morgan fingerprint density at radius 1 is 1.40 bits per heavy atom. The molecule has 1 N–H and O–H groups in total. The molecule has 0 aromatic heterocycles. The molecule has 2 aliphatic heterocycles. The van der Waals surface area contributed by atoms with E-state index < -0.39 is 30.6 Å². The Hall–Kier alpha value is -1.63. The number of ether oxygens (including phenoxy) is 3. The Balaban J connectivity index is 1.70. The van der Waals surface area contributed by atoms with Gasteiger partial charge >= 0.3 is 0 Å². The number of benzene rings is 1. The lowest BCUT2D eigenvalue weighted by atomic mass is 9.99. The number of aliphatic hydroxyl groups is 1. The minimum atomic E-state index is -0.930. The molecule has 2 bridgehead atoms. The number of nitrogens with zero attached hydrogens (tertiary/aromatic N) is 3. The van der Waals surface area contributed by atoms with Gasteiger partial charge in [0.1, 0.15) is 6.10 Å². The van der Waals surface area contributed by atoms with E-state index in [4.69, 9.17) is 19.7 Å². The first-order valence-corrected chi connectivity index (χ1v) is 6.44. The summed E-state index contributed by atoms with van der Waals surface area (Å²) in [6.07, 6.45) is -2.60. The fourth-order valence-electron chi connectivity index (χ4n) is 2.51. The summed E-state index contributed by atoms with van der Waals surface area (Å²) in [5, 5.41) is 13.9. The van der Waals surface area contributed by atoms with Gasteiger partial charge in [0.25, 0.3) is 0 Å². The van der Waals surface area contributed by atoms with Crippen molar-refractivity contribution in [2.24, 2.45) is 5.11 Å². The number of hydrogen-bond donors (Lipinski definition) is 1. The van der Waals surface area contributed by atoms with Crippen molar-refractivity contribution in [3.63, 3.8) is 0 Å². The van der Waals surface area contributed by atoms with Gasteiger partial charge in [-0.1, -0.05) is 35.4 Å². The first kappa shape index (κ1) is 13.4. The highest BCUT2D eigenvalue weighted by atomic mass is 16.7. The van der Waals surface area contributed by atoms with Crippen LogP contribution in [0.1, 0.15) is 5.56 Å². The highest BCUT2D eigenvalue weighted by Crippen LogP contribution is 2.32. The van der Waals surface area contributed by atoms with Crippen molar-refractivity contribution < 1.29 is 19.3 Å². The monoisotopic (exact) mass is 277 g/mol. The molecule has 0 aliphatic carbocycles. The van der Waals surface area contributed by atoms with E-state index >= 15 is 0 Å². The third-order valence-electron chi connectivity index (χ3n) is 3.54. The van der Waals surface area contributed by atoms with Crippen molar-refractivity contribution in [2.75, 3.05) is 6.61 Å². The average molecular weight is 277 g/mol. The van der Waals surface area contributed by atoms with Gasteiger partial charge in [0.2, 0.25) is 0 Å². The summed E-state index contributed by atoms with van der Waals surface area (Å²) in [5.74, 6) is 0. The van der Waals surface area contributed by atoms with E-state index in [1.807, 2.05) is 30.3 Å². The maximum absolute atomic E-state index is 10.3. The molecular weight excluding hydrogens is 262 g/mol. The third-order valence-corrected chi connectivity index (χ3v) is 3.54. The van der Waals surface area contributed by atoms with E-state index in [1.54, 1.807) is 0 Å². The maximum Gasteiger partial charge on any atom is 0.186 e. The van der Waals surface area contributed by atoms with Gasteiger partial charge in [0, 0.05) is 4.91 Å². The second-order valence-electron chi connectivity index (χ2n) is 4.82. The van der Waals surface area contributed by atoms with E-state index in [0.717, 1.165) is 5.56 Å². The van der Waals surface area contributed by atoms with Gasteiger partial charge in [0.05, 0.1) is 31.5 Å². The lowest BCUT2D eigenvalue weighted by molar-refractivity contribution is -0.219. The summed E-state index contributed by atoms with van der Waals surface area (Å²) in [6.45, 7) is 0.635. The average Bonchev–Trinajstić information content (AvgIpc) is 2.90. The Labute approximate surface area is 115 Å². The van der Waals surface area contributed by atoms with Crippen molar-refractivity contribution in [1.29, 1.82) is 0 Å². The maximum atomic E-state index is 10.3. The van der Waals surface area contributed by atoms with Crippen molar-refractivity contribution in [1.82, 2.24) is 0 Å². The van der Waals surface area contributed by atoms with Gasteiger partial charge in [-0.25, -0.2) is 0 Å². The molecule has 1 aromatic rings. The zero-order valence-electron chi connectivity index (χ0n) is 10.7. The van der Waals surface area contributed by atoms with Gasteiger partial charge in [-0.2, -0.15) is 0 Å². The van der Waals surface area contributed by atoms with E-state index in [2.05, 4.69) is 10.0 Å². The summed E-state index contributed by atoms with van der Waals surface area (Å²) in [5.41, 5.74) is 9.55. The van der Waals surface area contributed by atoms with E-state index in [0.29, 0.717) is 13.2 Å². The molecule has 0 unspecified atom stereocenters. The predicted molar refractivity (Wildman–Crippen MR) is 68.6 cm³/mol. The second-order valence-corrected chi connectivity index (χ2v) is 4.82. The van der Waals surface area contributed by atoms with Crippen LogP contribution < -0.4 is 0 Å². The van der Waals surface area contributed by atoms with Crippen molar-refractivity contribution in [3.05, 3.63) is 46.3 Å². The number of azide groups is 1. The quantitative estimate of drug-likeness (QED) is 0.510. The molecule has 0 radical (unpaired) electrons. The topological polar surface area (TPSA) is 96.7 Å². The van der Waals surface area contributed by atoms with Crippen LogP contribution in [0, 0.1) is 0 Å². The smallest absolute Gasteiger partial charge is 0.186 e. The Morgan fingerprint density at radius 3 is 2.95 bits per heavy atom. The minimum absolute atomic E-state index is 0.302. The summed E-state index contributed by atoms with van der Waals surface area (Å²) in [7, 11) is 0. The fraction of sp³-hybridized carbons (Fsp3) is 0.538. The van der Waals surface area contributed by atoms with E-state index in [9.17, 15) is 5.11 Å². The number of rotatable bonds is 4. The van der Waals surface area contributed by atoms with Crippen LogP contribution in [0.15, 0.2) is 35.4 Å². The largest absolute Gasteiger partial charge is 0.390 e. The van der Waals surface area contributed by atoms with Gasteiger partial charge < -0.3 is 19.3 Å². The number of hydrogen-bond acceptors (Lipinski definition) is 5. The zero-order chi connectivity index (χ0) is 13.9. The molecule has 2 aliphatic rings. The molecular formula is C13H15N3O4. The second kappa shape index (κ2) is 5.78. The van der Waals surface area contributed by atoms with Gasteiger partial charge in [-0.3, -0.25) is 0 Å². The van der Waals surface area contributed by atoms with Crippen LogP contribution in [0.2, 0.25) is 0 Å². The normalized spacial score (nSPS) is 35.5. The highest BCUT2D eigenvalue weighted by molar-refractivity contribution is 5.13. The lowest BCUT2D eigenvalue weighted by Crippen LogP contribution is -2.53. The fourth-order valence-corrected chi connectivity index (χ4v) is 2.51. The van der Waals surface area contributed by atoms with Crippen LogP contribution in [0.3, 0.4) is 0 Å². The third kappa shape index (κ3) is 2.49. The standard InChI is InChI=1S/C13H15N3O4/c14-16-15-10-9-7-19-13(20-9)12(11(10)17)18-6-8-4-2-1-3-5-8/h1-5,9-13,17H,6-7H2/t9-,10-,11+,12-,13-/m1/s1. The molecule has 3 rings (SSSR count). The van der Waals surface area contributed by atoms with Crippen molar-refractivity contribution >= 4 is 0 Å². The zero-order valence-corrected chi connectivity index (χ0v) is 10.7. The molecule has 7 nitrogen and oxygen atoms in total. The predicted octanol–water partition coefficient (Wildman–Crippen LogP) is 1.37. The molecule has 106 valence electrons. The molecule has 1 aromatic carbocycles. The molecule has 0 spiro atoms. The van der Waals surface area contributed by atoms with Crippen molar-refractivity contribution in [2.45, 2.75) is 37.3 Å². The summed E-state index contributed by atoms with van der Waals surface area (Å²) < 4.78 is 16.7. The van der Waals surface area contributed by atoms with Crippen molar-refractivity contribution in [3.8, 4) is 0 Å². The first-order valence-electron chi connectivity index (χ1n) is 6.44. The van der Waals surface area contributed by atoms with Crippen LogP contribution in [0.25, 0.3) is 10.4 Å². The molecule has 2 fully saturated rings. The lowest BCUT2D eigenvalue weighted by Gasteiger charge is -2.35. The Bertz CT molecular complexity index is 506. The Morgan fingerprint density at radius 2 is 2.20 bits per heavy atom. The Kier molecular flexibility index (Phi) is 3.86. The molecule has 0 saturated carbocycles. The highest BCUT2D eigenvalue weighted by Gasteiger charge is 2.50. The van der Waals surface area contributed by atoms with Gasteiger partial charge in [-0.15, -0.1) is 0 Å². The van der Waals surface area contributed by atoms with Crippen LogP contribution in [0.5, 0.6) is 0 Å². The number of aliphatic hydroxyl groups excluding tert-OH is 1. The summed E-state index contributed by atoms with van der Waals surface area (Å²) in [6, 6.07) is 8.93. The van der Waals surface area contributed by atoms with Crippen LogP contribution in [-0.2, 0) is 20.8 Å². The molecule has 5 atom stereocenters. The SMILES string of the molecule is [N-]=[N+]=N[C@H]1[C@H](O)[C@@H](OCc2ccccc2)[C@@H]2OC[C@H]1O2. The van der Waals surface area contributed by atoms with Gasteiger partial charge in [-0.05, 0) is 11.1 Å².